The van der Waals surface area contributed by atoms with E-state index in [0.29, 0.717) is 4.90 Å². The van der Waals surface area contributed by atoms with Crippen LogP contribution in [0.2, 0.25) is 0 Å². The Bertz CT molecular complexity index is 622. The Balaban J connectivity index is 1.67. The largest absolute Gasteiger partial charge is 0.317 e. The van der Waals surface area contributed by atoms with E-state index in [1.807, 2.05) is 12.1 Å². The fourth-order valence-corrected chi connectivity index (χ4v) is 4.26. The fraction of sp³-hybridized carbons (Fsp3) is 0.647. The summed E-state index contributed by atoms with van der Waals surface area (Å²) in [5, 5.41) is 3.42. The number of rotatable bonds is 3. The molecule has 1 saturated heterocycles. The highest BCUT2D eigenvalue weighted by Gasteiger charge is 2.20. The summed E-state index contributed by atoms with van der Waals surface area (Å²) in [5.41, 5.74) is 2.54. The zero-order valence-electron chi connectivity index (χ0n) is 13.3. The molecule has 0 aliphatic carbocycles. The molecule has 3 rings (SSSR count). The van der Waals surface area contributed by atoms with Gasteiger partial charge in [-0.3, -0.25) is 0 Å². The number of hydrogen-bond acceptors (Lipinski definition) is 4. The maximum atomic E-state index is 11.7. The highest BCUT2D eigenvalue weighted by Crippen LogP contribution is 2.22. The van der Waals surface area contributed by atoms with E-state index in [1.165, 1.54) is 36.8 Å². The zero-order chi connectivity index (χ0) is 15.6. The Kier molecular flexibility index (Phi) is 4.85. The van der Waals surface area contributed by atoms with E-state index in [4.69, 9.17) is 0 Å². The van der Waals surface area contributed by atoms with Crippen molar-refractivity contribution in [1.82, 2.24) is 10.2 Å². The first-order valence-electron chi connectivity index (χ1n) is 8.27. The highest BCUT2D eigenvalue weighted by molar-refractivity contribution is 7.90. The van der Waals surface area contributed by atoms with Gasteiger partial charge in [0, 0.05) is 25.9 Å². The summed E-state index contributed by atoms with van der Waals surface area (Å²) < 4.78 is 23.4. The van der Waals surface area contributed by atoms with Gasteiger partial charge in [0.05, 0.1) is 4.90 Å². The first-order valence-corrected chi connectivity index (χ1v) is 10.2. The Morgan fingerprint density at radius 2 is 1.82 bits per heavy atom. The molecule has 0 saturated carbocycles. The summed E-state index contributed by atoms with van der Waals surface area (Å²) in [4.78, 5) is 3.02. The fourth-order valence-electron chi connectivity index (χ4n) is 3.59. The molecule has 5 heteroatoms. The second-order valence-corrected chi connectivity index (χ2v) is 8.71. The van der Waals surface area contributed by atoms with Crippen LogP contribution in [0.25, 0.3) is 0 Å². The standard InChI is InChI=1S/C17H26N2O2S/c1-22(20,21)17-3-2-15-6-10-19(11-7-16(15)12-17)13-14-4-8-18-9-5-14/h2-3,12,14,18H,4-11,13H2,1H3. The Morgan fingerprint density at radius 3 is 2.50 bits per heavy atom. The molecule has 0 amide bonds. The van der Waals surface area contributed by atoms with Crippen molar-refractivity contribution in [2.75, 3.05) is 39.0 Å². The molecule has 2 aliphatic heterocycles. The zero-order valence-corrected chi connectivity index (χ0v) is 14.2. The van der Waals surface area contributed by atoms with E-state index in [9.17, 15) is 8.42 Å². The van der Waals surface area contributed by atoms with Crippen molar-refractivity contribution in [2.45, 2.75) is 30.6 Å². The smallest absolute Gasteiger partial charge is 0.175 e. The van der Waals surface area contributed by atoms with E-state index >= 15 is 0 Å². The van der Waals surface area contributed by atoms with Gasteiger partial charge in [-0.1, -0.05) is 6.07 Å². The molecule has 0 radical (unpaired) electrons. The van der Waals surface area contributed by atoms with Crippen molar-refractivity contribution in [3.05, 3.63) is 29.3 Å². The van der Waals surface area contributed by atoms with Crippen LogP contribution in [0.1, 0.15) is 24.0 Å². The van der Waals surface area contributed by atoms with Gasteiger partial charge in [-0.05, 0) is 68.0 Å². The highest BCUT2D eigenvalue weighted by atomic mass is 32.2. The van der Waals surface area contributed by atoms with Gasteiger partial charge in [0.1, 0.15) is 0 Å². The SMILES string of the molecule is CS(=O)(=O)c1ccc2c(c1)CCN(CC1CCNCC1)CC2. The topological polar surface area (TPSA) is 49.4 Å². The van der Waals surface area contributed by atoms with Crippen LogP contribution in [0.15, 0.2) is 23.1 Å². The van der Waals surface area contributed by atoms with Gasteiger partial charge in [-0.25, -0.2) is 8.42 Å². The first kappa shape index (κ1) is 16.0. The van der Waals surface area contributed by atoms with Crippen LogP contribution < -0.4 is 5.32 Å². The van der Waals surface area contributed by atoms with Gasteiger partial charge in [0.15, 0.2) is 9.84 Å². The quantitative estimate of drug-likeness (QED) is 0.916. The lowest BCUT2D eigenvalue weighted by Crippen LogP contribution is -2.37. The van der Waals surface area contributed by atoms with E-state index < -0.39 is 9.84 Å². The van der Waals surface area contributed by atoms with Gasteiger partial charge in [-0.2, -0.15) is 0 Å². The molecule has 1 aromatic carbocycles. The molecule has 2 aliphatic rings. The van der Waals surface area contributed by atoms with Crippen LogP contribution in [-0.4, -0.2) is 52.3 Å². The molecule has 1 N–H and O–H groups in total. The third-order valence-electron chi connectivity index (χ3n) is 4.98. The molecule has 0 unspecified atom stereocenters. The van der Waals surface area contributed by atoms with Crippen molar-refractivity contribution < 1.29 is 8.42 Å². The molecule has 22 heavy (non-hydrogen) atoms. The van der Waals surface area contributed by atoms with Crippen molar-refractivity contribution >= 4 is 9.84 Å². The predicted octanol–water partition coefficient (Wildman–Crippen LogP) is 1.49. The normalized spacial score (nSPS) is 21.3. The lowest BCUT2D eigenvalue weighted by atomic mass is 9.97. The van der Waals surface area contributed by atoms with Crippen LogP contribution in [0.4, 0.5) is 0 Å². The third kappa shape index (κ3) is 3.89. The number of piperidine rings is 1. The molecule has 0 atom stereocenters. The monoisotopic (exact) mass is 322 g/mol. The van der Waals surface area contributed by atoms with Gasteiger partial charge in [-0.15, -0.1) is 0 Å². The Labute approximate surface area is 133 Å². The van der Waals surface area contributed by atoms with Crippen LogP contribution in [0.3, 0.4) is 0 Å². The summed E-state index contributed by atoms with van der Waals surface area (Å²) in [6.45, 7) is 5.63. The van der Waals surface area contributed by atoms with E-state index in [2.05, 4.69) is 10.2 Å². The molecule has 0 bridgehead atoms. The van der Waals surface area contributed by atoms with Crippen molar-refractivity contribution in [3.8, 4) is 0 Å². The number of sulfone groups is 1. The average Bonchev–Trinajstić information content (AvgIpc) is 2.70. The first-order chi connectivity index (χ1) is 10.5. The van der Waals surface area contributed by atoms with Crippen molar-refractivity contribution in [3.63, 3.8) is 0 Å². The van der Waals surface area contributed by atoms with Crippen molar-refractivity contribution in [2.24, 2.45) is 5.92 Å². The number of nitrogens with zero attached hydrogens (tertiary/aromatic N) is 1. The number of fused-ring (bicyclic) bond motifs is 1. The Morgan fingerprint density at radius 1 is 1.14 bits per heavy atom. The van der Waals surface area contributed by atoms with Crippen LogP contribution in [0, 0.1) is 5.92 Å². The minimum Gasteiger partial charge on any atom is -0.317 e. The molecule has 2 heterocycles. The maximum Gasteiger partial charge on any atom is 0.175 e. The minimum atomic E-state index is -3.10. The molecule has 0 spiro atoms. The minimum absolute atomic E-state index is 0.457. The summed E-state index contributed by atoms with van der Waals surface area (Å²) in [6.07, 6.45) is 5.84. The lowest BCUT2D eigenvalue weighted by molar-refractivity contribution is 0.213. The summed E-state index contributed by atoms with van der Waals surface area (Å²) in [5.74, 6) is 0.814. The second kappa shape index (κ2) is 6.69. The van der Waals surface area contributed by atoms with Crippen LogP contribution in [-0.2, 0) is 22.7 Å². The second-order valence-electron chi connectivity index (χ2n) is 6.70. The number of hydrogen-bond donors (Lipinski definition) is 1. The summed E-state index contributed by atoms with van der Waals surface area (Å²) in [6, 6.07) is 5.66. The predicted molar refractivity (Wildman–Crippen MR) is 89.0 cm³/mol. The molecule has 122 valence electrons. The van der Waals surface area contributed by atoms with Gasteiger partial charge in [0.2, 0.25) is 0 Å². The summed E-state index contributed by atoms with van der Waals surface area (Å²) >= 11 is 0. The molecular formula is C17H26N2O2S. The average molecular weight is 322 g/mol. The molecule has 1 aromatic rings. The summed E-state index contributed by atoms with van der Waals surface area (Å²) in [7, 11) is -3.10. The van der Waals surface area contributed by atoms with E-state index in [0.717, 1.165) is 44.9 Å². The molecule has 0 aromatic heterocycles. The molecular weight excluding hydrogens is 296 g/mol. The maximum absolute atomic E-state index is 11.7. The van der Waals surface area contributed by atoms with Crippen LogP contribution >= 0.6 is 0 Å². The third-order valence-corrected chi connectivity index (χ3v) is 6.09. The number of benzene rings is 1. The van der Waals surface area contributed by atoms with Crippen LogP contribution in [0.5, 0.6) is 0 Å². The van der Waals surface area contributed by atoms with E-state index in [1.54, 1.807) is 6.07 Å². The molecule has 4 nitrogen and oxygen atoms in total. The van der Waals surface area contributed by atoms with Gasteiger partial charge < -0.3 is 10.2 Å². The van der Waals surface area contributed by atoms with Gasteiger partial charge >= 0.3 is 0 Å². The van der Waals surface area contributed by atoms with Crippen molar-refractivity contribution in [1.29, 1.82) is 0 Å². The van der Waals surface area contributed by atoms with E-state index in [-0.39, 0.29) is 0 Å². The molecule has 1 fully saturated rings. The van der Waals surface area contributed by atoms with Gasteiger partial charge in [0.25, 0.3) is 0 Å². The number of nitrogens with one attached hydrogen (secondary N) is 1. The lowest BCUT2D eigenvalue weighted by Gasteiger charge is -2.29. The Hall–Kier alpha value is -0.910.